The Bertz CT molecular complexity index is 1060. The lowest BCUT2D eigenvalue weighted by molar-refractivity contribution is -0.119. The van der Waals surface area contributed by atoms with E-state index < -0.39 is 15.9 Å². The average Bonchev–Trinajstić information content (AvgIpc) is 2.79. The smallest absolute Gasteiger partial charge is 0.240 e. The summed E-state index contributed by atoms with van der Waals surface area (Å²) in [4.78, 5) is 12.4. The van der Waals surface area contributed by atoms with E-state index in [0.29, 0.717) is 54.9 Å². The first-order valence-electron chi connectivity index (χ1n) is 10.2. The van der Waals surface area contributed by atoms with E-state index in [0.717, 1.165) is 22.5 Å². The number of aryl methyl sites for hydroxylation is 1. The van der Waals surface area contributed by atoms with Crippen molar-refractivity contribution in [3.63, 3.8) is 0 Å². The van der Waals surface area contributed by atoms with Crippen molar-refractivity contribution < 1.29 is 32.2 Å². The van der Waals surface area contributed by atoms with Crippen molar-refractivity contribution in [1.82, 2.24) is 5.32 Å². The Morgan fingerprint density at radius 2 is 1.75 bits per heavy atom. The van der Waals surface area contributed by atoms with Crippen molar-refractivity contribution in [1.29, 1.82) is 0 Å². The third-order valence-electron chi connectivity index (χ3n) is 4.91. The number of fused-ring (bicyclic) bond motifs is 1. The van der Waals surface area contributed by atoms with Crippen molar-refractivity contribution in [2.24, 2.45) is 0 Å². The summed E-state index contributed by atoms with van der Waals surface area (Å²) in [7, 11) is -0.515. The molecule has 1 N–H and O–H groups in total. The lowest BCUT2D eigenvalue weighted by Gasteiger charge is -2.24. The summed E-state index contributed by atoms with van der Waals surface area (Å²) >= 11 is 0. The Morgan fingerprint density at radius 1 is 1.03 bits per heavy atom. The molecule has 0 atom stereocenters. The van der Waals surface area contributed by atoms with Gasteiger partial charge in [-0.3, -0.25) is 9.10 Å². The third kappa shape index (κ3) is 5.97. The van der Waals surface area contributed by atoms with Crippen LogP contribution in [0.3, 0.4) is 0 Å². The minimum absolute atomic E-state index is 0.325. The molecule has 0 unspecified atom stereocenters. The summed E-state index contributed by atoms with van der Waals surface area (Å²) in [5.41, 5.74) is 1.39. The van der Waals surface area contributed by atoms with Gasteiger partial charge >= 0.3 is 0 Å². The third-order valence-corrected chi connectivity index (χ3v) is 6.05. The van der Waals surface area contributed by atoms with Gasteiger partial charge < -0.3 is 24.3 Å². The molecule has 10 heteroatoms. The molecule has 0 aliphatic carbocycles. The van der Waals surface area contributed by atoms with Crippen molar-refractivity contribution in [3.8, 4) is 23.0 Å². The number of nitrogens with zero attached hydrogens (tertiary/aromatic N) is 1. The molecular weight excluding hydrogens is 436 g/mol. The number of methoxy groups -OCH3 is 2. The Kier molecular flexibility index (Phi) is 7.68. The SMILES string of the molecule is COc1ccc(CCCNC(=O)CN(c2ccc3c(c2)OCCO3)S(C)(=O)=O)cc1OC. The molecule has 1 heterocycles. The number of anilines is 1. The molecule has 1 aliphatic rings. The lowest BCUT2D eigenvalue weighted by atomic mass is 10.1. The summed E-state index contributed by atoms with van der Waals surface area (Å²) in [6.45, 7) is 0.907. The number of carbonyl (C=O) groups excluding carboxylic acids is 1. The van der Waals surface area contributed by atoms with Crippen LogP contribution in [0.1, 0.15) is 12.0 Å². The molecule has 0 bridgehead atoms. The molecule has 174 valence electrons. The molecule has 0 aromatic heterocycles. The predicted molar refractivity (Wildman–Crippen MR) is 120 cm³/mol. The molecule has 0 spiro atoms. The van der Waals surface area contributed by atoms with Gasteiger partial charge in [0.25, 0.3) is 0 Å². The van der Waals surface area contributed by atoms with E-state index in [1.54, 1.807) is 32.4 Å². The van der Waals surface area contributed by atoms with Crippen LogP contribution >= 0.6 is 0 Å². The summed E-state index contributed by atoms with van der Waals surface area (Å²) < 4.78 is 47.2. The molecule has 32 heavy (non-hydrogen) atoms. The van der Waals surface area contributed by atoms with Crippen LogP contribution < -0.4 is 28.6 Å². The predicted octanol–water partition coefficient (Wildman–Crippen LogP) is 1.99. The molecule has 0 fully saturated rings. The van der Waals surface area contributed by atoms with E-state index in [4.69, 9.17) is 18.9 Å². The van der Waals surface area contributed by atoms with E-state index in [2.05, 4.69) is 5.32 Å². The fourth-order valence-corrected chi connectivity index (χ4v) is 4.18. The average molecular weight is 465 g/mol. The summed E-state index contributed by atoms with van der Waals surface area (Å²) in [5, 5.41) is 2.78. The normalized spacial score (nSPS) is 12.7. The van der Waals surface area contributed by atoms with Crippen molar-refractivity contribution in [2.45, 2.75) is 12.8 Å². The van der Waals surface area contributed by atoms with E-state index in [1.807, 2.05) is 18.2 Å². The summed E-state index contributed by atoms with van der Waals surface area (Å²) in [6, 6.07) is 10.5. The van der Waals surface area contributed by atoms with Crippen LogP contribution in [0.5, 0.6) is 23.0 Å². The van der Waals surface area contributed by atoms with E-state index >= 15 is 0 Å². The van der Waals surface area contributed by atoms with Gasteiger partial charge in [-0.1, -0.05) is 6.07 Å². The number of ether oxygens (including phenoxy) is 4. The Hall–Kier alpha value is -3.14. The highest BCUT2D eigenvalue weighted by molar-refractivity contribution is 7.92. The Balaban J connectivity index is 1.56. The molecule has 1 amide bonds. The Morgan fingerprint density at radius 3 is 2.44 bits per heavy atom. The molecule has 9 nitrogen and oxygen atoms in total. The van der Waals surface area contributed by atoms with Gasteiger partial charge in [-0.25, -0.2) is 8.42 Å². The minimum Gasteiger partial charge on any atom is -0.493 e. The molecule has 1 aliphatic heterocycles. The number of benzene rings is 2. The fraction of sp³-hybridized carbons (Fsp3) is 0.409. The highest BCUT2D eigenvalue weighted by atomic mass is 32.2. The maximum absolute atomic E-state index is 12.4. The van der Waals surface area contributed by atoms with Gasteiger partial charge in [-0.05, 0) is 42.7 Å². The van der Waals surface area contributed by atoms with Gasteiger partial charge in [0.1, 0.15) is 19.8 Å². The zero-order chi connectivity index (χ0) is 23.1. The molecular formula is C22H28N2O7S. The van der Waals surface area contributed by atoms with E-state index in [9.17, 15) is 13.2 Å². The number of sulfonamides is 1. The number of hydrogen-bond donors (Lipinski definition) is 1. The fourth-order valence-electron chi connectivity index (χ4n) is 3.33. The second-order valence-corrected chi connectivity index (χ2v) is 9.15. The van der Waals surface area contributed by atoms with E-state index in [1.165, 1.54) is 0 Å². The number of hydrogen-bond acceptors (Lipinski definition) is 7. The van der Waals surface area contributed by atoms with E-state index in [-0.39, 0.29) is 6.54 Å². The number of carbonyl (C=O) groups is 1. The van der Waals surface area contributed by atoms with Gasteiger partial charge in [-0.2, -0.15) is 0 Å². The first-order chi connectivity index (χ1) is 15.3. The van der Waals surface area contributed by atoms with Crippen LogP contribution in [0.4, 0.5) is 5.69 Å². The second kappa shape index (κ2) is 10.4. The van der Waals surface area contributed by atoms with Crippen LogP contribution in [-0.4, -0.2) is 61.1 Å². The first-order valence-corrected chi connectivity index (χ1v) is 12.0. The zero-order valence-electron chi connectivity index (χ0n) is 18.4. The summed E-state index contributed by atoms with van der Waals surface area (Å²) in [5.74, 6) is 1.92. The molecule has 0 radical (unpaired) electrons. The van der Waals surface area contributed by atoms with Gasteiger partial charge in [0.2, 0.25) is 15.9 Å². The molecule has 2 aromatic carbocycles. The highest BCUT2D eigenvalue weighted by Crippen LogP contribution is 2.34. The number of nitrogens with one attached hydrogen (secondary N) is 1. The van der Waals surface area contributed by atoms with Crippen molar-refractivity contribution in [2.75, 3.05) is 51.1 Å². The number of amides is 1. The molecule has 2 aromatic rings. The maximum Gasteiger partial charge on any atom is 0.240 e. The largest absolute Gasteiger partial charge is 0.493 e. The number of rotatable bonds is 10. The molecule has 0 saturated carbocycles. The van der Waals surface area contributed by atoms with Crippen LogP contribution in [-0.2, 0) is 21.2 Å². The van der Waals surface area contributed by atoms with Gasteiger partial charge in [0, 0.05) is 12.6 Å². The molecule has 3 rings (SSSR count). The van der Waals surface area contributed by atoms with Crippen LogP contribution in [0, 0.1) is 0 Å². The minimum atomic E-state index is -3.68. The van der Waals surface area contributed by atoms with Gasteiger partial charge in [0.05, 0.1) is 26.2 Å². The molecule has 0 saturated heterocycles. The Labute approximate surface area is 188 Å². The van der Waals surface area contributed by atoms with Crippen LogP contribution in [0.2, 0.25) is 0 Å². The first kappa shape index (κ1) is 23.5. The summed E-state index contributed by atoms with van der Waals surface area (Å²) in [6.07, 6.45) is 2.47. The van der Waals surface area contributed by atoms with Crippen molar-refractivity contribution >= 4 is 21.6 Å². The standard InChI is InChI=1S/C22H28N2O7S/c1-28-18-8-6-16(13-20(18)29-2)5-4-10-23-22(25)15-24(32(3,26)27)17-7-9-19-21(14-17)31-12-11-30-19/h6-9,13-14H,4-5,10-12,15H2,1-3H3,(H,23,25). The van der Waals surface area contributed by atoms with Crippen LogP contribution in [0.25, 0.3) is 0 Å². The van der Waals surface area contributed by atoms with Crippen molar-refractivity contribution in [3.05, 3.63) is 42.0 Å². The maximum atomic E-state index is 12.4. The monoisotopic (exact) mass is 464 g/mol. The second-order valence-electron chi connectivity index (χ2n) is 7.24. The highest BCUT2D eigenvalue weighted by Gasteiger charge is 2.23. The van der Waals surface area contributed by atoms with Gasteiger partial charge in [-0.15, -0.1) is 0 Å². The zero-order valence-corrected chi connectivity index (χ0v) is 19.2. The quantitative estimate of drug-likeness (QED) is 0.537. The topological polar surface area (TPSA) is 103 Å². The lowest BCUT2D eigenvalue weighted by Crippen LogP contribution is -2.40. The van der Waals surface area contributed by atoms with Gasteiger partial charge in [0.15, 0.2) is 23.0 Å². The van der Waals surface area contributed by atoms with Crippen LogP contribution in [0.15, 0.2) is 36.4 Å².